The molecule has 0 aliphatic carbocycles. The van der Waals surface area contributed by atoms with Crippen molar-refractivity contribution in [1.29, 1.82) is 0 Å². The Morgan fingerprint density at radius 2 is 1.46 bits per heavy atom. The van der Waals surface area contributed by atoms with Crippen LogP contribution in [-0.2, 0) is 47.7 Å². The molecule has 11 nitrogen and oxygen atoms in total. The summed E-state index contributed by atoms with van der Waals surface area (Å²) in [5.41, 5.74) is 1.36. The van der Waals surface area contributed by atoms with Crippen molar-refractivity contribution in [1.82, 2.24) is 4.98 Å². The average Bonchev–Trinajstić information content (AvgIpc) is 3.15. The molecule has 1 aromatic carbocycles. The van der Waals surface area contributed by atoms with Gasteiger partial charge < -0.3 is 28.7 Å². The minimum absolute atomic E-state index is 0.205. The molecule has 0 saturated carbocycles. The largest absolute Gasteiger partial charge is 0.462 e. The number of hydrogen-bond acceptors (Lipinski definition) is 10. The third kappa shape index (κ3) is 8.29. The average molecular weight is 489 g/mol. The Labute approximate surface area is 201 Å². The van der Waals surface area contributed by atoms with E-state index in [9.17, 15) is 24.0 Å². The lowest BCUT2D eigenvalue weighted by Gasteiger charge is -2.32. The van der Waals surface area contributed by atoms with Crippen molar-refractivity contribution in [2.75, 3.05) is 6.61 Å². The first-order chi connectivity index (χ1) is 16.5. The van der Waals surface area contributed by atoms with E-state index in [0.717, 1.165) is 45.5 Å². The molecule has 35 heavy (non-hydrogen) atoms. The summed E-state index contributed by atoms with van der Waals surface area (Å²) in [6.45, 7) is 5.03. The van der Waals surface area contributed by atoms with E-state index >= 15 is 0 Å². The van der Waals surface area contributed by atoms with Gasteiger partial charge in [-0.25, -0.2) is 0 Å². The first-order valence-electron chi connectivity index (χ1n) is 10.6. The maximum absolute atomic E-state index is 12.0. The normalized spacial score (nSPS) is 13.8. The fourth-order valence-electron chi connectivity index (χ4n) is 3.30. The van der Waals surface area contributed by atoms with Crippen LogP contribution in [0.5, 0.6) is 0 Å². The number of hydrogen-bond donors (Lipinski definition) is 1. The highest BCUT2D eigenvalue weighted by Gasteiger charge is 2.41. The number of benzene rings is 1. The second-order valence-electron chi connectivity index (χ2n) is 7.48. The van der Waals surface area contributed by atoms with E-state index in [1.165, 1.54) is 6.08 Å². The highest BCUT2D eigenvalue weighted by atomic mass is 16.6. The smallest absolute Gasteiger partial charge is 0.307 e. The van der Waals surface area contributed by atoms with E-state index < -0.39 is 54.8 Å². The van der Waals surface area contributed by atoms with E-state index in [1.807, 2.05) is 18.2 Å². The summed E-state index contributed by atoms with van der Waals surface area (Å²) < 4.78 is 26.3. The standard InChI is InChI=1S/C24H27NO10/c1-13(26)31-12-22(33-15(3)28)24(35-17(5)30)23(34-16(4)29)21(32-14(2)27)10-18-11-25-20-9-7-6-8-19(18)20/h6-11,22-25H,12H2,1-5H3/b21-10+/t22-,23-,24+/m0/s1. The predicted molar refractivity (Wildman–Crippen MR) is 121 cm³/mol. The summed E-state index contributed by atoms with van der Waals surface area (Å²) in [6.07, 6.45) is -1.40. The molecule has 0 saturated heterocycles. The second kappa shape index (κ2) is 12.4. The molecule has 2 rings (SSSR count). The quantitative estimate of drug-likeness (QED) is 0.300. The summed E-state index contributed by atoms with van der Waals surface area (Å²) >= 11 is 0. The number of H-pyrrole nitrogens is 1. The lowest BCUT2D eigenvalue weighted by atomic mass is 10.0. The molecule has 0 aliphatic rings. The van der Waals surface area contributed by atoms with Crippen molar-refractivity contribution in [3.63, 3.8) is 0 Å². The van der Waals surface area contributed by atoms with Crippen LogP contribution in [0, 0.1) is 0 Å². The fraction of sp³-hybridized carbons (Fsp3) is 0.375. The summed E-state index contributed by atoms with van der Waals surface area (Å²) in [5, 5.41) is 0.763. The molecule has 188 valence electrons. The summed E-state index contributed by atoms with van der Waals surface area (Å²) in [5.74, 6) is -4.06. The Morgan fingerprint density at radius 3 is 2.03 bits per heavy atom. The number of fused-ring (bicyclic) bond motifs is 1. The lowest BCUT2D eigenvalue weighted by molar-refractivity contribution is -0.189. The first-order valence-corrected chi connectivity index (χ1v) is 10.6. The van der Waals surface area contributed by atoms with Crippen LogP contribution in [0.3, 0.4) is 0 Å². The van der Waals surface area contributed by atoms with Crippen molar-refractivity contribution in [3.05, 3.63) is 41.8 Å². The molecular formula is C24H27NO10. The van der Waals surface area contributed by atoms with Gasteiger partial charge in [0.1, 0.15) is 6.61 Å². The zero-order chi connectivity index (χ0) is 26.1. The highest BCUT2D eigenvalue weighted by Crippen LogP contribution is 2.27. The molecule has 3 atom stereocenters. The molecule has 2 aromatic rings. The molecule has 0 unspecified atom stereocenters. The Hall–Kier alpha value is -4.15. The number of carbonyl (C=O) groups excluding carboxylic acids is 5. The van der Waals surface area contributed by atoms with Crippen LogP contribution in [0.1, 0.15) is 40.2 Å². The van der Waals surface area contributed by atoms with Gasteiger partial charge in [-0.3, -0.25) is 24.0 Å². The van der Waals surface area contributed by atoms with Crippen LogP contribution in [0.15, 0.2) is 36.2 Å². The van der Waals surface area contributed by atoms with E-state index in [1.54, 1.807) is 12.3 Å². The van der Waals surface area contributed by atoms with Crippen LogP contribution >= 0.6 is 0 Å². The van der Waals surface area contributed by atoms with Gasteiger partial charge >= 0.3 is 29.8 Å². The Balaban J connectivity index is 2.66. The molecule has 1 aromatic heterocycles. The fourth-order valence-corrected chi connectivity index (χ4v) is 3.30. The van der Waals surface area contributed by atoms with Crippen LogP contribution in [0.25, 0.3) is 17.0 Å². The third-order valence-electron chi connectivity index (χ3n) is 4.49. The number of para-hydroxylation sites is 1. The molecule has 0 bridgehead atoms. The lowest BCUT2D eigenvalue weighted by Crippen LogP contribution is -2.48. The van der Waals surface area contributed by atoms with Crippen molar-refractivity contribution in [2.45, 2.75) is 52.9 Å². The number of aromatic nitrogens is 1. The third-order valence-corrected chi connectivity index (χ3v) is 4.49. The van der Waals surface area contributed by atoms with Crippen LogP contribution in [-0.4, -0.2) is 59.7 Å². The molecule has 11 heteroatoms. The van der Waals surface area contributed by atoms with Gasteiger partial charge in [0.05, 0.1) is 0 Å². The second-order valence-corrected chi connectivity index (χ2v) is 7.48. The molecule has 0 aliphatic heterocycles. The van der Waals surface area contributed by atoms with Crippen molar-refractivity contribution in [2.24, 2.45) is 0 Å². The van der Waals surface area contributed by atoms with Crippen LogP contribution in [0.2, 0.25) is 0 Å². The SMILES string of the molecule is CC(=O)OC[C@H](OC(C)=O)[C@@H](OC(C)=O)[C@@H](OC(C)=O)/C(=C\c1c[nH]c2ccccc12)OC(C)=O. The Kier molecular flexibility index (Phi) is 9.56. The number of rotatable bonds is 10. The van der Waals surface area contributed by atoms with E-state index in [-0.39, 0.29) is 5.76 Å². The molecule has 0 spiro atoms. The zero-order valence-electron chi connectivity index (χ0n) is 20.0. The number of aromatic amines is 1. The maximum Gasteiger partial charge on any atom is 0.307 e. The van der Waals surface area contributed by atoms with Crippen molar-refractivity contribution in [3.8, 4) is 0 Å². The van der Waals surface area contributed by atoms with Crippen LogP contribution in [0.4, 0.5) is 0 Å². The zero-order valence-corrected chi connectivity index (χ0v) is 20.0. The topological polar surface area (TPSA) is 147 Å². The van der Waals surface area contributed by atoms with Gasteiger partial charge in [0.25, 0.3) is 0 Å². The molecule has 1 N–H and O–H groups in total. The molecule has 0 fully saturated rings. The van der Waals surface area contributed by atoms with Crippen molar-refractivity contribution < 1.29 is 47.7 Å². The monoisotopic (exact) mass is 489 g/mol. The van der Waals surface area contributed by atoms with Gasteiger partial charge in [-0.2, -0.15) is 0 Å². The van der Waals surface area contributed by atoms with Gasteiger partial charge in [0.2, 0.25) is 0 Å². The Morgan fingerprint density at radius 1 is 0.829 bits per heavy atom. The van der Waals surface area contributed by atoms with Gasteiger partial charge in [0, 0.05) is 57.3 Å². The highest BCUT2D eigenvalue weighted by molar-refractivity contribution is 5.89. The first kappa shape index (κ1) is 27.1. The van der Waals surface area contributed by atoms with Gasteiger partial charge in [-0.05, 0) is 12.1 Å². The van der Waals surface area contributed by atoms with E-state index in [2.05, 4.69) is 4.98 Å². The number of esters is 5. The Bertz CT molecular complexity index is 1130. The molecule has 0 radical (unpaired) electrons. The number of nitrogens with one attached hydrogen (secondary N) is 1. The molecule has 0 amide bonds. The van der Waals surface area contributed by atoms with Gasteiger partial charge in [-0.1, -0.05) is 18.2 Å². The van der Waals surface area contributed by atoms with E-state index in [4.69, 9.17) is 23.7 Å². The van der Waals surface area contributed by atoms with E-state index in [0.29, 0.717) is 5.56 Å². The minimum Gasteiger partial charge on any atom is -0.462 e. The predicted octanol–water partition coefficient (Wildman–Crippen LogP) is 2.43. The maximum atomic E-state index is 12.0. The number of carbonyl (C=O) groups is 5. The van der Waals surface area contributed by atoms with Crippen LogP contribution < -0.4 is 0 Å². The van der Waals surface area contributed by atoms with Gasteiger partial charge in [0.15, 0.2) is 24.1 Å². The summed E-state index contributed by atoms with van der Waals surface area (Å²) in [4.78, 5) is 62.2. The molecular weight excluding hydrogens is 462 g/mol. The summed E-state index contributed by atoms with van der Waals surface area (Å²) in [6, 6.07) is 7.28. The van der Waals surface area contributed by atoms with Gasteiger partial charge in [-0.15, -0.1) is 0 Å². The summed E-state index contributed by atoms with van der Waals surface area (Å²) in [7, 11) is 0. The minimum atomic E-state index is -1.55. The molecule has 1 heterocycles. The number of ether oxygens (including phenoxy) is 5. The van der Waals surface area contributed by atoms with Crippen molar-refractivity contribution >= 4 is 46.8 Å².